The van der Waals surface area contributed by atoms with E-state index in [1.807, 2.05) is 18.2 Å². The number of hydrogen-bond acceptors (Lipinski definition) is 3. The van der Waals surface area contributed by atoms with Crippen molar-refractivity contribution in [3.8, 4) is 0 Å². The van der Waals surface area contributed by atoms with Crippen LogP contribution in [-0.2, 0) is 17.4 Å². The number of aromatic nitrogens is 1. The molecule has 0 spiro atoms. The average Bonchev–Trinajstić information content (AvgIpc) is 3.09. The zero-order valence-electron chi connectivity index (χ0n) is 14.2. The Kier molecular flexibility index (Phi) is 5.44. The summed E-state index contributed by atoms with van der Waals surface area (Å²) in [4.78, 5) is 18.6. The Bertz CT molecular complexity index is 732. The maximum Gasteiger partial charge on any atom is 0.416 e. The van der Waals surface area contributed by atoms with Crippen molar-refractivity contribution in [1.82, 2.24) is 10.3 Å². The number of pyridine rings is 1. The van der Waals surface area contributed by atoms with Crippen LogP contribution in [0.1, 0.15) is 24.0 Å². The van der Waals surface area contributed by atoms with Gasteiger partial charge >= 0.3 is 6.18 Å². The largest absolute Gasteiger partial charge is 0.416 e. The zero-order valence-corrected chi connectivity index (χ0v) is 14.2. The van der Waals surface area contributed by atoms with Gasteiger partial charge in [-0.05, 0) is 42.7 Å². The molecule has 0 saturated carbocycles. The predicted octanol–water partition coefficient (Wildman–Crippen LogP) is 3.43. The summed E-state index contributed by atoms with van der Waals surface area (Å²) in [6, 6.07) is 10.7. The molecule has 1 N–H and O–H groups in total. The first-order valence-corrected chi connectivity index (χ1v) is 8.53. The lowest BCUT2D eigenvalue weighted by atomic mass is 10.1. The molecular formula is C19H20F3N3O. The second-order valence-corrected chi connectivity index (χ2v) is 6.38. The van der Waals surface area contributed by atoms with Crippen LogP contribution < -0.4 is 10.2 Å². The van der Waals surface area contributed by atoms with E-state index in [0.717, 1.165) is 36.5 Å². The molecule has 1 aromatic carbocycles. The lowest BCUT2D eigenvalue weighted by Crippen LogP contribution is -2.37. The van der Waals surface area contributed by atoms with Gasteiger partial charge in [0.25, 0.3) is 0 Å². The lowest BCUT2D eigenvalue weighted by molar-refractivity contribution is -0.137. The molecule has 1 aliphatic heterocycles. The van der Waals surface area contributed by atoms with Crippen molar-refractivity contribution < 1.29 is 18.0 Å². The van der Waals surface area contributed by atoms with E-state index in [2.05, 4.69) is 15.2 Å². The van der Waals surface area contributed by atoms with E-state index in [-0.39, 0.29) is 18.4 Å². The van der Waals surface area contributed by atoms with Gasteiger partial charge in [-0.2, -0.15) is 13.2 Å². The maximum atomic E-state index is 12.5. The third-order valence-electron chi connectivity index (χ3n) is 4.45. The van der Waals surface area contributed by atoms with Gasteiger partial charge < -0.3 is 10.2 Å². The topological polar surface area (TPSA) is 45.2 Å². The summed E-state index contributed by atoms with van der Waals surface area (Å²) in [5, 5.41) is 3.00. The van der Waals surface area contributed by atoms with Crippen molar-refractivity contribution in [2.45, 2.75) is 31.5 Å². The summed E-state index contributed by atoms with van der Waals surface area (Å²) < 4.78 is 37.6. The summed E-state index contributed by atoms with van der Waals surface area (Å²) in [6.07, 6.45) is -1.07. The fraction of sp³-hybridized carbons (Fsp3) is 0.368. The molecular weight excluding hydrogens is 343 g/mol. The number of aryl methyl sites for hydroxylation is 1. The fourth-order valence-electron chi connectivity index (χ4n) is 3.05. The number of benzene rings is 1. The first-order valence-electron chi connectivity index (χ1n) is 8.53. The van der Waals surface area contributed by atoms with Gasteiger partial charge in [-0.15, -0.1) is 0 Å². The highest BCUT2D eigenvalue weighted by atomic mass is 19.4. The molecule has 1 saturated heterocycles. The zero-order chi connectivity index (χ0) is 18.6. The number of amides is 1. The molecule has 7 heteroatoms. The van der Waals surface area contributed by atoms with Crippen molar-refractivity contribution in [1.29, 1.82) is 0 Å². The van der Waals surface area contributed by atoms with Crippen LogP contribution in [0.25, 0.3) is 0 Å². The number of carbonyl (C=O) groups is 1. The van der Waals surface area contributed by atoms with Crippen LogP contribution >= 0.6 is 0 Å². The van der Waals surface area contributed by atoms with Gasteiger partial charge in [-0.3, -0.25) is 4.79 Å². The Labute approximate surface area is 150 Å². The van der Waals surface area contributed by atoms with Gasteiger partial charge in [-0.1, -0.05) is 18.2 Å². The van der Waals surface area contributed by atoms with Gasteiger partial charge in [0.15, 0.2) is 0 Å². The Hall–Kier alpha value is -2.57. The number of carbonyl (C=O) groups excluding carboxylic acids is 1. The van der Waals surface area contributed by atoms with Gasteiger partial charge in [0.2, 0.25) is 5.91 Å². The summed E-state index contributed by atoms with van der Waals surface area (Å²) in [5.74, 6) is 0.812. The van der Waals surface area contributed by atoms with Crippen molar-refractivity contribution in [3.05, 3.63) is 59.8 Å². The molecule has 0 radical (unpaired) electrons. The number of nitrogens with zero attached hydrogens (tertiary/aromatic N) is 2. The minimum absolute atomic E-state index is 0.0668. The summed E-state index contributed by atoms with van der Waals surface area (Å²) in [5.41, 5.74) is 0.0426. The maximum absolute atomic E-state index is 12.5. The summed E-state index contributed by atoms with van der Waals surface area (Å²) >= 11 is 0. The van der Waals surface area contributed by atoms with E-state index in [1.54, 1.807) is 6.20 Å². The first kappa shape index (κ1) is 18.2. The molecule has 3 rings (SSSR count). The van der Waals surface area contributed by atoms with Crippen LogP contribution in [0.2, 0.25) is 0 Å². The van der Waals surface area contributed by atoms with Crippen molar-refractivity contribution in [3.63, 3.8) is 0 Å². The lowest BCUT2D eigenvalue weighted by Gasteiger charge is -2.17. The highest BCUT2D eigenvalue weighted by molar-refractivity contribution is 5.76. The Balaban J connectivity index is 1.45. The average molecular weight is 363 g/mol. The number of halogens is 3. The van der Waals surface area contributed by atoms with Crippen molar-refractivity contribution in [2.24, 2.45) is 0 Å². The minimum atomic E-state index is -4.34. The fourth-order valence-corrected chi connectivity index (χ4v) is 3.05. The molecule has 138 valence electrons. The molecule has 1 aliphatic rings. The number of hydrogen-bond donors (Lipinski definition) is 1. The molecule has 0 bridgehead atoms. The Morgan fingerprint density at radius 2 is 1.96 bits per heavy atom. The van der Waals surface area contributed by atoms with Crippen LogP contribution in [0, 0.1) is 0 Å². The summed E-state index contributed by atoms with van der Waals surface area (Å²) in [6.45, 7) is 1.55. The Morgan fingerprint density at radius 1 is 1.19 bits per heavy atom. The molecule has 1 fully saturated rings. The standard InChI is InChI=1S/C19H20F3N3O/c20-19(21,22)15-7-4-14(5-8-15)6-9-18(26)24-16-10-12-25(13-16)17-3-1-2-11-23-17/h1-5,7-8,11,16H,6,9-10,12-13H2,(H,24,26). The second kappa shape index (κ2) is 7.76. The number of nitrogens with one attached hydrogen (secondary N) is 1. The van der Waals surface area contributed by atoms with Gasteiger partial charge in [0.1, 0.15) is 5.82 Å². The highest BCUT2D eigenvalue weighted by Crippen LogP contribution is 2.29. The molecule has 2 aromatic rings. The third kappa shape index (κ3) is 4.74. The van der Waals surface area contributed by atoms with Crippen LogP contribution in [0.15, 0.2) is 48.7 Å². The predicted molar refractivity (Wildman–Crippen MR) is 92.8 cm³/mol. The van der Waals surface area contributed by atoms with Crippen LogP contribution in [0.5, 0.6) is 0 Å². The number of rotatable bonds is 5. The molecule has 1 amide bonds. The van der Waals surface area contributed by atoms with E-state index in [1.165, 1.54) is 12.1 Å². The van der Waals surface area contributed by atoms with E-state index >= 15 is 0 Å². The van der Waals surface area contributed by atoms with E-state index in [9.17, 15) is 18.0 Å². The minimum Gasteiger partial charge on any atom is -0.354 e. The Morgan fingerprint density at radius 3 is 2.62 bits per heavy atom. The van der Waals surface area contributed by atoms with Crippen molar-refractivity contribution >= 4 is 11.7 Å². The third-order valence-corrected chi connectivity index (χ3v) is 4.45. The smallest absolute Gasteiger partial charge is 0.354 e. The SMILES string of the molecule is O=C(CCc1ccc(C(F)(F)F)cc1)NC1CCN(c2ccccn2)C1. The highest BCUT2D eigenvalue weighted by Gasteiger charge is 2.30. The number of alkyl halides is 3. The normalized spacial score (nSPS) is 17.3. The van der Waals surface area contributed by atoms with E-state index in [4.69, 9.17) is 0 Å². The van der Waals surface area contributed by atoms with E-state index in [0.29, 0.717) is 13.0 Å². The van der Waals surface area contributed by atoms with Crippen molar-refractivity contribution in [2.75, 3.05) is 18.0 Å². The van der Waals surface area contributed by atoms with Crippen LogP contribution in [0.4, 0.5) is 19.0 Å². The quantitative estimate of drug-likeness (QED) is 0.885. The van der Waals surface area contributed by atoms with Gasteiger partial charge in [0.05, 0.1) is 5.56 Å². The molecule has 26 heavy (non-hydrogen) atoms. The van der Waals surface area contributed by atoms with Gasteiger partial charge in [0, 0.05) is 31.7 Å². The van der Waals surface area contributed by atoms with E-state index < -0.39 is 11.7 Å². The van der Waals surface area contributed by atoms with Gasteiger partial charge in [-0.25, -0.2) is 4.98 Å². The molecule has 1 unspecified atom stereocenters. The van der Waals surface area contributed by atoms with Crippen LogP contribution in [-0.4, -0.2) is 30.0 Å². The molecule has 1 aromatic heterocycles. The second-order valence-electron chi connectivity index (χ2n) is 6.38. The first-order chi connectivity index (χ1) is 12.4. The monoisotopic (exact) mass is 363 g/mol. The molecule has 1 atom stereocenters. The van der Waals surface area contributed by atoms with Crippen LogP contribution in [0.3, 0.4) is 0 Å². The molecule has 0 aliphatic carbocycles. The number of anilines is 1. The summed E-state index contributed by atoms with van der Waals surface area (Å²) in [7, 11) is 0. The molecule has 4 nitrogen and oxygen atoms in total. The molecule has 2 heterocycles.